The number of hydrogen-bond donors (Lipinski definition) is 3. The normalized spacial score (nSPS) is 14.3. The van der Waals surface area contributed by atoms with Gasteiger partial charge in [0.1, 0.15) is 0 Å². The maximum atomic E-state index is 12.0. The summed E-state index contributed by atoms with van der Waals surface area (Å²) in [7, 11) is 0. The molecule has 0 radical (unpaired) electrons. The Morgan fingerprint density at radius 1 is 1.00 bits per heavy atom. The second kappa shape index (κ2) is 9.24. The van der Waals surface area contributed by atoms with Crippen LogP contribution in [0.25, 0.3) is 0 Å². The van der Waals surface area contributed by atoms with Crippen LogP contribution in [0.1, 0.15) is 19.3 Å². The van der Waals surface area contributed by atoms with Crippen LogP contribution in [0.15, 0.2) is 24.3 Å². The van der Waals surface area contributed by atoms with Gasteiger partial charge < -0.3 is 25.3 Å². The summed E-state index contributed by atoms with van der Waals surface area (Å²) >= 11 is 0. The van der Waals surface area contributed by atoms with Crippen molar-refractivity contribution in [3.63, 3.8) is 0 Å². The van der Waals surface area contributed by atoms with Crippen LogP contribution in [0.5, 0.6) is 0 Å². The molecular weight excluding hydrogens is 310 g/mol. The van der Waals surface area contributed by atoms with E-state index in [0.29, 0.717) is 5.69 Å². The lowest BCUT2D eigenvalue weighted by Gasteiger charge is -2.28. The van der Waals surface area contributed by atoms with E-state index in [2.05, 4.69) is 10.2 Å². The summed E-state index contributed by atoms with van der Waals surface area (Å²) in [5.74, 6) is -1.54. The van der Waals surface area contributed by atoms with Crippen molar-refractivity contribution in [2.24, 2.45) is 0 Å². The molecule has 0 bridgehead atoms. The summed E-state index contributed by atoms with van der Waals surface area (Å²) in [6.07, 6.45) is 3.65. The summed E-state index contributed by atoms with van der Waals surface area (Å²) < 4.78 is 0. The van der Waals surface area contributed by atoms with Crippen molar-refractivity contribution >= 4 is 23.2 Å². The Labute approximate surface area is 141 Å². The second-order valence-corrected chi connectivity index (χ2v) is 5.79. The minimum Gasteiger partial charge on any atom is -0.395 e. The van der Waals surface area contributed by atoms with E-state index >= 15 is 0 Å². The highest BCUT2D eigenvalue weighted by Crippen LogP contribution is 2.21. The van der Waals surface area contributed by atoms with Crippen molar-refractivity contribution < 1.29 is 19.8 Å². The number of nitrogens with one attached hydrogen (secondary N) is 1. The Bertz CT molecular complexity index is 535. The van der Waals surface area contributed by atoms with Crippen LogP contribution in [0.4, 0.5) is 11.4 Å². The molecule has 0 aliphatic carbocycles. The molecule has 1 aromatic carbocycles. The van der Waals surface area contributed by atoms with Crippen molar-refractivity contribution in [3.8, 4) is 0 Å². The van der Waals surface area contributed by atoms with E-state index in [4.69, 9.17) is 10.2 Å². The van der Waals surface area contributed by atoms with Crippen LogP contribution in [0.3, 0.4) is 0 Å². The molecule has 0 unspecified atom stereocenters. The Balaban J connectivity index is 1.94. The fraction of sp³-hybridized carbons (Fsp3) is 0.529. The first kappa shape index (κ1) is 18.2. The van der Waals surface area contributed by atoms with Gasteiger partial charge in [0.2, 0.25) is 0 Å². The van der Waals surface area contributed by atoms with Crippen molar-refractivity contribution in [2.75, 3.05) is 49.6 Å². The molecule has 1 heterocycles. The molecule has 0 aromatic heterocycles. The number of piperidine rings is 1. The lowest BCUT2D eigenvalue weighted by Crippen LogP contribution is -2.42. The molecule has 1 aliphatic rings. The highest BCUT2D eigenvalue weighted by atomic mass is 16.3. The predicted octanol–water partition coefficient (Wildman–Crippen LogP) is 0.429. The van der Waals surface area contributed by atoms with E-state index in [1.807, 2.05) is 12.1 Å². The van der Waals surface area contributed by atoms with Crippen LogP contribution in [-0.2, 0) is 9.59 Å². The molecule has 1 fully saturated rings. The van der Waals surface area contributed by atoms with Crippen LogP contribution in [0, 0.1) is 0 Å². The molecule has 24 heavy (non-hydrogen) atoms. The molecule has 1 saturated heterocycles. The quantitative estimate of drug-likeness (QED) is 0.656. The summed E-state index contributed by atoms with van der Waals surface area (Å²) in [6, 6.07) is 7.42. The van der Waals surface area contributed by atoms with Gasteiger partial charge in [-0.15, -0.1) is 0 Å². The highest BCUT2D eigenvalue weighted by molar-refractivity contribution is 6.39. The van der Waals surface area contributed by atoms with Crippen molar-refractivity contribution in [1.29, 1.82) is 0 Å². The molecule has 1 aromatic rings. The number of benzene rings is 1. The van der Waals surface area contributed by atoms with Gasteiger partial charge in [0.25, 0.3) is 0 Å². The van der Waals surface area contributed by atoms with E-state index in [-0.39, 0.29) is 26.3 Å². The largest absolute Gasteiger partial charge is 0.395 e. The van der Waals surface area contributed by atoms with Gasteiger partial charge in [-0.05, 0) is 43.5 Å². The van der Waals surface area contributed by atoms with Gasteiger partial charge in [-0.1, -0.05) is 0 Å². The van der Waals surface area contributed by atoms with Crippen molar-refractivity contribution in [3.05, 3.63) is 24.3 Å². The topological polar surface area (TPSA) is 93.1 Å². The summed E-state index contributed by atoms with van der Waals surface area (Å²) in [4.78, 5) is 27.5. The number of aliphatic hydroxyl groups excluding tert-OH is 2. The maximum absolute atomic E-state index is 12.0. The highest BCUT2D eigenvalue weighted by Gasteiger charge is 2.21. The molecule has 3 N–H and O–H groups in total. The zero-order valence-corrected chi connectivity index (χ0v) is 13.8. The average molecular weight is 335 g/mol. The van der Waals surface area contributed by atoms with Crippen LogP contribution >= 0.6 is 0 Å². The first-order valence-corrected chi connectivity index (χ1v) is 8.32. The Morgan fingerprint density at radius 3 is 2.12 bits per heavy atom. The van der Waals surface area contributed by atoms with Crippen molar-refractivity contribution in [1.82, 2.24) is 4.90 Å². The van der Waals surface area contributed by atoms with Crippen molar-refractivity contribution in [2.45, 2.75) is 19.3 Å². The lowest BCUT2D eigenvalue weighted by molar-refractivity contribution is -0.143. The molecule has 0 atom stereocenters. The Hall–Kier alpha value is -2.12. The van der Waals surface area contributed by atoms with Gasteiger partial charge >= 0.3 is 11.8 Å². The number of carbonyl (C=O) groups is 2. The molecule has 7 heteroatoms. The first-order valence-electron chi connectivity index (χ1n) is 8.32. The second-order valence-electron chi connectivity index (χ2n) is 5.79. The molecule has 132 valence electrons. The third-order valence-electron chi connectivity index (χ3n) is 4.07. The van der Waals surface area contributed by atoms with E-state index in [0.717, 1.165) is 23.7 Å². The number of amides is 2. The molecule has 2 rings (SSSR count). The number of hydrogen-bond acceptors (Lipinski definition) is 5. The average Bonchev–Trinajstić information content (AvgIpc) is 2.62. The fourth-order valence-electron chi connectivity index (χ4n) is 2.79. The smallest absolute Gasteiger partial charge is 0.313 e. The Morgan fingerprint density at radius 2 is 1.58 bits per heavy atom. The van der Waals surface area contributed by atoms with Gasteiger partial charge in [0.15, 0.2) is 0 Å². The predicted molar refractivity (Wildman–Crippen MR) is 91.9 cm³/mol. The van der Waals surface area contributed by atoms with Crippen LogP contribution in [-0.4, -0.2) is 66.3 Å². The van der Waals surface area contributed by atoms with E-state index in [1.165, 1.54) is 19.3 Å². The molecule has 2 amide bonds. The fourth-order valence-corrected chi connectivity index (χ4v) is 2.79. The molecular formula is C17H25N3O4. The van der Waals surface area contributed by atoms with Gasteiger partial charge in [-0.25, -0.2) is 0 Å². The SMILES string of the molecule is O=C(Nc1ccc(N2CCCCC2)cc1)C(=O)N(CCO)CCO. The van der Waals surface area contributed by atoms with E-state index < -0.39 is 11.8 Å². The third-order valence-corrected chi connectivity index (χ3v) is 4.07. The monoisotopic (exact) mass is 335 g/mol. The zero-order valence-electron chi connectivity index (χ0n) is 13.8. The summed E-state index contributed by atoms with van der Waals surface area (Å²) in [5, 5.41) is 20.4. The maximum Gasteiger partial charge on any atom is 0.313 e. The van der Waals surface area contributed by atoms with E-state index in [9.17, 15) is 9.59 Å². The number of rotatable bonds is 6. The molecule has 0 saturated carbocycles. The zero-order chi connectivity index (χ0) is 17.4. The lowest BCUT2D eigenvalue weighted by atomic mass is 10.1. The molecule has 0 spiro atoms. The minimum absolute atomic E-state index is 0.0146. The number of aliphatic hydroxyl groups is 2. The minimum atomic E-state index is -0.775. The Kier molecular flexibility index (Phi) is 7.02. The van der Waals surface area contributed by atoms with Gasteiger partial charge in [0, 0.05) is 37.6 Å². The van der Waals surface area contributed by atoms with Gasteiger partial charge in [-0.3, -0.25) is 9.59 Å². The summed E-state index contributed by atoms with van der Waals surface area (Å²) in [5.41, 5.74) is 1.66. The number of nitrogens with zero attached hydrogens (tertiary/aromatic N) is 2. The molecule has 1 aliphatic heterocycles. The van der Waals surface area contributed by atoms with Crippen LogP contribution < -0.4 is 10.2 Å². The van der Waals surface area contributed by atoms with Crippen LogP contribution in [0.2, 0.25) is 0 Å². The van der Waals surface area contributed by atoms with E-state index in [1.54, 1.807) is 12.1 Å². The number of carbonyl (C=O) groups excluding carboxylic acids is 2. The van der Waals surface area contributed by atoms with Gasteiger partial charge in [0.05, 0.1) is 13.2 Å². The summed E-state index contributed by atoms with van der Waals surface area (Å²) in [6.45, 7) is 1.59. The molecule has 7 nitrogen and oxygen atoms in total. The standard InChI is InChI=1S/C17H25N3O4/c21-12-10-20(11-13-22)17(24)16(23)18-14-4-6-15(7-5-14)19-8-2-1-3-9-19/h4-7,21-22H,1-3,8-13H2,(H,18,23). The number of anilines is 2. The third kappa shape index (κ3) is 4.94. The van der Waals surface area contributed by atoms with Gasteiger partial charge in [-0.2, -0.15) is 0 Å². The first-order chi connectivity index (χ1) is 11.7.